The van der Waals surface area contributed by atoms with Crippen molar-refractivity contribution in [3.05, 3.63) is 83.8 Å². The molecular weight excluding hydrogens is 432 g/mol. The molecule has 180 valence electrons. The monoisotopic (exact) mass is 466 g/mol. The molecule has 2 aliphatic rings. The fourth-order valence-corrected chi connectivity index (χ4v) is 5.88. The van der Waals surface area contributed by atoms with E-state index < -0.39 is 0 Å². The number of benzene rings is 2. The molecule has 1 saturated heterocycles. The summed E-state index contributed by atoms with van der Waals surface area (Å²) in [6.07, 6.45) is 8.25. The molecule has 6 heteroatoms. The highest BCUT2D eigenvalue weighted by atomic mass is 15.3. The lowest BCUT2D eigenvalue weighted by Gasteiger charge is -2.40. The molecule has 1 aliphatic carbocycles. The van der Waals surface area contributed by atoms with E-state index in [9.17, 15) is 0 Å². The molecule has 2 aromatic carbocycles. The van der Waals surface area contributed by atoms with E-state index in [0.717, 1.165) is 48.9 Å². The number of piperazine rings is 1. The third-order valence-corrected chi connectivity index (χ3v) is 7.77. The van der Waals surface area contributed by atoms with Crippen LogP contribution in [0.25, 0.3) is 11.0 Å². The molecular formula is C29H34N6. The summed E-state index contributed by atoms with van der Waals surface area (Å²) in [6, 6.07) is 22.1. The summed E-state index contributed by atoms with van der Waals surface area (Å²) in [6.45, 7) is 3.86. The van der Waals surface area contributed by atoms with Crippen LogP contribution >= 0.6 is 0 Å². The van der Waals surface area contributed by atoms with Gasteiger partial charge in [0.2, 0.25) is 0 Å². The van der Waals surface area contributed by atoms with Crippen LogP contribution < -0.4 is 4.90 Å². The van der Waals surface area contributed by atoms with Crippen molar-refractivity contribution in [2.45, 2.75) is 44.1 Å². The Bertz CT molecular complexity index is 1220. The number of aromatic nitrogens is 4. The maximum atomic E-state index is 5.19. The first-order valence-electron chi connectivity index (χ1n) is 13.1. The van der Waals surface area contributed by atoms with Crippen LogP contribution in [0.2, 0.25) is 0 Å². The first-order valence-corrected chi connectivity index (χ1v) is 13.1. The van der Waals surface area contributed by atoms with Crippen LogP contribution in [-0.2, 0) is 7.05 Å². The molecule has 35 heavy (non-hydrogen) atoms. The molecule has 2 aromatic heterocycles. The first kappa shape index (κ1) is 22.2. The fourth-order valence-electron chi connectivity index (χ4n) is 5.88. The number of hydrogen-bond acceptors (Lipinski definition) is 5. The standard InChI is InChI=1S/C29H34N6/c1-33-28-25(21-30-33)29(32-27(31-28)24-15-9-4-10-16-24)35-19-17-34(18-20-35)26(22-11-5-2-6-12-22)23-13-7-3-8-14-23/h2-3,5-8,11-14,21,24,26H,4,9-10,15-20H2,1H3. The summed E-state index contributed by atoms with van der Waals surface area (Å²) >= 11 is 0. The number of rotatable bonds is 5. The van der Waals surface area contributed by atoms with E-state index in [1.54, 1.807) is 0 Å². The number of nitrogens with zero attached hydrogens (tertiary/aromatic N) is 6. The molecule has 0 bridgehead atoms. The van der Waals surface area contributed by atoms with Gasteiger partial charge in [-0.1, -0.05) is 79.9 Å². The summed E-state index contributed by atoms with van der Waals surface area (Å²) in [5.74, 6) is 2.56. The lowest BCUT2D eigenvalue weighted by Crippen LogP contribution is -2.48. The van der Waals surface area contributed by atoms with E-state index >= 15 is 0 Å². The highest BCUT2D eigenvalue weighted by Crippen LogP contribution is 2.35. The lowest BCUT2D eigenvalue weighted by molar-refractivity contribution is 0.212. The zero-order chi connectivity index (χ0) is 23.6. The smallest absolute Gasteiger partial charge is 0.163 e. The van der Waals surface area contributed by atoms with Crippen molar-refractivity contribution < 1.29 is 0 Å². The summed E-state index contributed by atoms with van der Waals surface area (Å²) in [5.41, 5.74) is 3.66. The molecule has 1 saturated carbocycles. The highest BCUT2D eigenvalue weighted by Gasteiger charge is 2.29. The summed E-state index contributed by atoms with van der Waals surface area (Å²) < 4.78 is 1.91. The molecule has 0 atom stereocenters. The Kier molecular flexibility index (Phi) is 6.21. The van der Waals surface area contributed by atoms with Crippen LogP contribution in [0.5, 0.6) is 0 Å². The zero-order valence-electron chi connectivity index (χ0n) is 20.6. The largest absolute Gasteiger partial charge is 0.353 e. The molecule has 0 radical (unpaired) electrons. The van der Waals surface area contributed by atoms with Crippen LogP contribution in [0.1, 0.15) is 61.0 Å². The molecule has 6 nitrogen and oxygen atoms in total. The molecule has 2 fully saturated rings. The van der Waals surface area contributed by atoms with Crippen LogP contribution in [-0.4, -0.2) is 50.8 Å². The quantitative estimate of drug-likeness (QED) is 0.398. The molecule has 3 heterocycles. The minimum atomic E-state index is 0.265. The van der Waals surface area contributed by atoms with Crippen molar-refractivity contribution in [3.8, 4) is 0 Å². The molecule has 0 N–H and O–H groups in total. The molecule has 0 unspecified atom stereocenters. The molecule has 4 aromatic rings. The minimum absolute atomic E-state index is 0.265. The summed E-state index contributed by atoms with van der Waals surface area (Å²) in [5, 5.41) is 5.61. The van der Waals surface area contributed by atoms with Crippen LogP contribution in [0, 0.1) is 0 Å². The Morgan fingerprint density at radius 2 is 1.40 bits per heavy atom. The average Bonchev–Trinajstić information content (AvgIpc) is 3.31. The van der Waals surface area contributed by atoms with Gasteiger partial charge < -0.3 is 4.90 Å². The highest BCUT2D eigenvalue weighted by molar-refractivity contribution is 5.87. The van der Waals surface area contributed by atoms with Crippen LogP contribution in [0.4, 0.5) is 5.82 Å². The summed E-state index contributed by atoms with van der Waals surface area (Å²) in [7, 11) is 1.99. The van der Waals surface area contributed by atoms with Crippen molar-refractivity contribution in [2.24, 2.45) is 7.05 Å². The van der Waals surface area contributed by atoms with Gasteiger partial charge in [-0.2, -0.15) is 5.10 Å². The molecule has 0 amide bonds. The van der Waals surface area contributed by atoms with Crippen molar-refractivity contribution in [3.63, 3.8) is 0 Å². The SMILES string of the molecule is Cn1ncc2c(N3CCN(C(c4ccccc4)c4ccccc4)CC3)nc(C3CCCCC3)nc21. The molecule has 1 aliphatic heterocycles. The van der Waals surface area contributed by atoms with Crippen molar-refractivity contribution in [1.82, 2.24) is 24.6 Å². The van der Waals surface area contributed by atoms with Gasteiger partial charge in [-0.25, -0.2) is 9.97 Å². The maximum Gasteiger partial charge on any atom is 0.163 e. The third kappa shape index (κ3) is 4.43. The van der Waals surface area contributed by atoms with Gasteiger partial charge in [-0.15, -0.1) is 0 Å². The second kappa shape index (κ2) is 9.78. The van der Waals surface area contributed by atoms with Gasteiger partial charge in [0.25, 0.3) is 0 Å². The first-order chi connectivity index (χ1) is 17.3. The van der Waals surface area contributed by atoms with Crippen molar-refractivity contribution in [2.75, 3.05) is 31.1 Å². The predicted octanol–water partition coefficient (Wildman–Crippen LogP) is 5.32. The number of hydrogen-bond donors (Lipinski definition) is 0. The Hall–Kier alpha value is -3.25. The van der Waals surface area contributed by atoms with E-state index in [1.807, 2.05) is 17.9 Å². The maximum absolute atomic E-state index is 5.19. The Balaban J connectivity index is 1.28. The van der Waals surface area contributed by atoms with Gasteiger partial charge in [0.05, 0.1) is 17.6 Å². The van der Waals surface area contributed by atoms with Gasteiger partial charge >= 0.3 is 0 Å². The number of aryl methyl sites for hydroxylation is 1. The van der Waals surface area contributed by atoms with E-state index in [-0.39, 0.29) is 6.04 Å². The topological polar surface area (TPSA) is 50.1 Å². The van der Waals surface area contributed by atoms with Gasteiger partial charge in [0.15, 0.2) is 5.65 Å². The van der Waals surface area contributed by atoms with Gasteiger partial charge in [0.1, 0.15) is 11.6 Å². The minimum Gasteiger partial charge on any atom is -0.353 e. The van der Waals surface area contributed by atoms with E-state index in [1.165, 1.54) is 43.2 Å². The second-order valence-corrected chi connectivity index (χ2v) is 9.99. The third-order valence-electron chi connectivity index (χ3n) is 7.77. The van der Waals surface area contributed by atoms with Gasteiger partial charge in [-0.3, -0.25) is 9.58 Å². The van der Waals surface area contributed by atoms with Crippen molar-refractivity contribution in [1.29, 1.82) is 0 Å². The fraction of sp³-hybridized carbons (Fsp3) is 0.414. The van der Waals surface area contributed by atoms with Crippen LogP contribution in [0.15, 0.2) is 66.9 Å². The van der Waals surface area contributed by atoms with E-state index in [2.05, 4.69) is 75.6 Å². The molecule has 6 rings (SSSR count). The normalized spacial score (nSPS) is 17.9. The number of anilines is 1. The van der Waals surface area contributed by atoms with Crippen LogP contribution in [0.3, 0.4) is 0 Å². The predicted molar refractivity (Wildman–Crippen MR) is 141 cm³/mol. The van der Waals surface area contributed by atoms with Crippen molar-refractivity contribution >= 4 is 16.9 Å². The Morgan fingerprint density at radius 1 is 0.771 bits per heavy atom. The van der Waals surface area contributed by atoms with Gasteiger partial charge in [0, 0.05) is 39.1 Å². The summed E-state index contributed by atoms with van der Waals surface area (Å²) in [4.78, 5) is 15.3. The molecule has 0 spiro atoms. The zero-order valence-corrected chi connectivity index (χ0v) is 20.6. The number of fused-ring (bicyclic) bond motifs is 1. The van der Waals surface area contributed by atoms with Gasteiger partial charge in [-0.05, 0) is 24.0 Å². The lowest BCUT2D eigenvalue weighted by atomic mass is 9.88. The van der Waals surface area contributed by atoms with E-state index in [4.69, 9.17) is 9.97 Å². The second-order valence-electron chi connectivity index (χ2n) is 9.99. The Morgan fingerprint density at radius 3 is 2.03 bits per heavy atom. The van der Waals surface area contributed by atoms with E-state index in [0.29, 0.717) is 5.92 Å². The Labute approximate surface area is 207 Å². The average molecular weight is 467 g/mol.